The van der Waals surface area contributed by atoms with Gasteiger partial charge in [0.25, 0.3) is 0 Å². The fourth-order valence-electron chi connectivity index (χ4n) is 2.41. The van der Waals surface area contributed by atoms with Crippen molar-refractivity contribution in [3.05, 3.63) is 22.4 Å². The first-order chi connectivity index (χ1) is 7.66. The smallest absolute Gasteiger partial charge is 0.0388 e. The van der Waals surface area contributed by atoms with E-state index in [0.717, 1.165) is 0 Å². The third kappa shape index (κ3) is 2.84. The minimum Gasteiger partial charge on any atom is -0.307 e. The van der Waals surface area contributed by atoms with E-state index in [2.05, 4.69) is 48.6 Å². The van der Waals surface area contributed by atoms with E-state index in [1.165, 1.54) is 24.3 Å². The molecule has 0 saturated carbocycles. The lowest BCUT2D eigenvalue weighted by molar-refractivity contribution is 0.164. The molecule has 0 radical (unpaired) electrons. The quantitative estimate of drug-likeness (QED) is 0.871. The zero-order valence-corrected chi connectivity index (χ0v) is 11.3. The molecule has 0 aliphatic carbocycles. The SMILES string of the molecule is CC1CC(N[C@@H](C)c2cccs2)CCN1C. The summed E-state index contributed by atoms with van der Waals surface area (Å²) in [6.45, 7) is 5.81. The lowest BCUT2D eigenvalue weighted by Gasteiger charge is -2.36. The lowest BCUT2D eigenvalue weighted by atomic mass is 9.98. The molecule has 1 aliphatic rings. The highest BCUT2D eigenvalue weighted by molar-refractivity contribution is 7.10. The first-order valence-corrected chi connectivity index (χ1v) is 7.04. The van der Waals surface area contributed by atoms with Crippen LogP contribution < -0.4 is 5.32 Å². The molecule has 0 bridgehead atoms. The highest BCUT2D eigenvalue weighted by atomic mass is 32.1. The van der Waals surface area contributed by atoms with Gasteiger partial charge in [-0.1, -0.05) is 6.07 Å². The topological polar surface area (TPSA) is 15.3 Å². The number of hydrogen-bond donors (Lipinski definition) is 1. The predicted molar refractivity (Wildman–Crippen MR) is 71.0 cm³/mol. The van der Waals surface area contributed by atoms with E-state index in [9.17, 15) is 0 Å². The van der Waals surface area contributed by atoms with Crippen molar-refractivity contribution in [1.82, 2.24) is 10.2 Å². The minimum absolute atomic E-state index is 0.501. The molecular formula is C13H22N2S. The number of rotatable bonds is 3. The Hall–Kier alpha value is -0.380. The molecule has 1 aromatic heterocycles. The van der Waals surface area contributed by atoms with Crippen molar-refractivity contribution in [2.75, 3.05) is 13.6 Å². The standard InChI is InChI=1S/C13H22N2S/c1-10-9-12(6-7-15(10)3)14-11(2)13-5-4-8-16-13/h4-5,8,10-12,14H,6-7,9H2,1-3H3/t10?,11-,12?/m0/s1. The molecule has 2 heterocycles. The van der Waals surface area contributed by atoms with Crippen LogP contribution in [0.15, 0.2) is 17.5 Å². The molecule has 1 saturated heterocycles. The fraction of sp³-hybridized carbons (Fsp3) is 0.692. The molecule has 0 aromatic carbocycles. The summed E-state index contributed by atoms with van der Waals surface area (Å²) in [6, 6.07) is 6.25. The Morgan fingerprint density at radius 1 is 1.56 bits per heavy atom. The van der Waals surface area contributed by atoms with Crippen molar-refractivity contribution in [2.45, 2.75) is 44.8 Å². The summed E-state index contributed by atoms with van der Waals surface area (Å²) >= 11 is 1.85. The van der Waals surface area contributed by atoms with E-state index in [1.54, 1.807) is 0 Å². The summed E-state index contributed by atoms with van der Waals surface area (Å²) in [4.78, 5) is 3.90. The zero-order chi connectivity index (χ0) is 11.5. The average Bonchev–Trinajstić information content (AvgIpc) is 2.77. The Balaban J connectivity index is 1.86. The van der Waals surface area contributed by atoms with Crippen LogP contribution in [0, 0.1) is 0 Å². The third-order valence-electron chi connectivity index (χ3n) is 3.66. The van der Waals surface area contributed by atoms with Gasteiger partial charge in [-0.2, -0.15) is 0 Å². The Labute approximate surface area is 103 Å². The van der Waals surface area contributed by atoms with E-state index in [0.29, 0.717) is 18.1 Å². The van der Waals surface area contributed by atoms with Gasteiger partial charge in [-0.3, -0.25) is 0 Å². The molecule has 2 rings (SSSR count). The summed E-state index contributed by atoms with van der Waals surface area (Å²) < 4.78 is 0. The monoisotopic (exact) mass is 238 g/mol. The molecule has 3 atom stereocenters. The maximum absolute atomic E-state index is 3.76. The molecular weight excluding hydrogens is 216 g/mol. The maximum atomic E-state index is 3.76. The van der Waals surface area contributed by atoms with Crippen molar-refractivity contribution < 1.29 is 0 Å². The van der Waals surface area contributed by atoms with Crippen LogP contribution in [0.5, 0.6) is 0 Å². The Kier molecular flexibility index (Phi) is 4.00. The van der Waals surface area contributed by atoms with E-state index in [4.69, 9.17) is 0 Å². The molecule has 2 nitrogen and oxygen atoms in total. The number of thiophene rings is 1. The second-order valence-corrected chi connectivity index (χ2v) is 5.93. The van der Waals surface area contributed by atoms with Gasteiger partial charge in [0.2, 0.25) is 0 Å². The minimum atomic E-state index is 0.501. The van der Waals surface area contributed by atoms with Crippen LogP contribution >= 0.6 is 11.3 Å². The number of piperidine rings is 1. The van der Waals surface area contributed by atoms with Gasteiger partial charge in [0.15, 0.2) is 0 Å². The number of nitrogens with one attached hydrogen (secondary N) is 1. The van der Waals surface area contributed by atoms with Gasteiger partial charge in [-0.25, -0.2) is 0 Å². The summed E-state index contributed by atoms with van der Waals surface area (Å²) in [7, 11) is 2.23. The molecule has 1 aromatic rings. The van der Waals surface area contributed by atoms with Gasteiger partial charge in [0.1, 0.15) is 0 Å². The molecule has 1 fully saturated rings. The van der Waals surface area contributed by atoms with Crippen LogP contribution in [0.2, 0.25) is 0 Å². The predicted octanol–water partition coefficient (Wildman–Crippen LogP) is 2.88. The fourth-order valence-corrected chi connectivity index (χ4v) is 3.16. The molecule has 2 unspecified atom stereocenters. The molecule has 3 heteroatoms. The van der Waals surface area contributed by atoms with Gasteiger partial charge in [0.05, 0.1) is 0 Å². The maximum Gasteiger partial charge on any atom is 0.0388 e. The van der Waals surface area contributed by atoms with Crippen LogP contribution in [0.3, 0.4) is 0 Å². The van der Waals surface area contributed by atoms with Gasteiger partial charge in [-0.15, -0.1) is 11.3 Å². The van der Waals surface area contributed by atoms with Crippen molar-refractivity contribution in [1.29, 1.82) is 0 Å². The average molecular weight is 238 g/mol. The van der Waals surface area contributed by atoms with Crippen LogP contribution in [0.25, 0.3) is 0 Å². The van der Waals surface area contributed by atoms with Gasteiger partial charge in [0, 0.05) is 23.0 Å². The Morgan fingerprint density at radius 2 is 2.38 bits per heavy atom. The second kappa shape index (κ2) is 5.30. The highest BCUT2D eigenvalue weighted by Gasteiger charge is 2.23. The van der Waals surface area contributed by atoms with Crippen LogP contribution in [-0.2, 0) is 0 Å². The molecule has 1 aliphatic heterocycles. The zero-order valence-electron chi connectivity index (χ0n) is 10.4. The van der Waals surface area contributed by atoms with Crippen molar-refractivity contribution in [2.24, 2.45) is 0 Å². The highest BCUT2D eigenvalue weighted by Crippen LogP contribution is 2.22. The third-order valence-corrected chi connectivity index (χ3v) is 4.72. The summed E-state index contributed by atoms with van der Waals surface area (Å²) in [5.41, 5.74) is 0. The Morgan fingerprint density at radius 3 is 3.00 bits per heavy atom. The van der Waals surface area contributed by atoms with E-state index >= 15 is 0 Å². The number of hydrogen-bond acceptors (Lipinski definition) is 3. The molecule has 90 valence electrons. The van der Waals surface area contributed by atoms with Crippen LogP contribution in [-0.4, -0.2) is 30.6 Å². The van der Waals surface area contributed by atoms with E-state index < -0.39 is 0 Å². The summed E-state index contributed by atoms with van der Waals surface area (Å²) in [5.74, 6) is 0. The molecule has 0 spiro atoms. The largest absolute Gasteiger partial charge is 0.307 e. The molecule has 0 amide bonds. The number of likely N-dealkylation sites (tertiary alicyclic amines) is 1. The first-order valence-electron chi connectivity index (χ1n) is 6.16. The summed E-state index contributed by atoms with van der Waals surface area (Å²) in [5, 5.41) is 5.91. The number of nitrogens with zero attached hydrogens (tertiary/aromatic N) is 1. The van der Waals surface area contributed by atoms with Gasteiger partial charge < -0.3 is 10.2 Å². The molecule has 1 N–H and O–H groups in total. The van der Waals surface area contributed by atoms with E-state index in [1.807, 2.05) is 11.3 Å². The van der Waals surface area contributed by atoms with Crippen LogP contribution in [0.4, 0.5) is 0 Å². The van der Waals surface area contributed by atoms with Gasteiger partial charge >= 0.3 is 0 Å². The first kappa shape index (κ1) is 12.1. The Bertz CT molecular complexity index is 310. The summed E-state index contributed by atoms with van der Waals surface area (Å²) in [6.07, 6.45) is 2.54. The second-order valence-electron chi connectivity index (χ2n) is 4.95. The van der Waals surface area contributed by atoms with Crippen LogP contribution in [0.1, 0.15) is 37.6 Å². The van der Waals surface area contributed by atoms with Crippen molar-refractivity contribution in [3.63, 3.8) is 0 Å². The van der Waals surface area contributed by atoms with E-state index in [-0.39, 0.29) is 0 Å². The normalized spacial score (nSPS) is 29.2. The van der Waals surface area contributed by atoms with Gasteiger partial charge in [-0.05, 0) is 51.7 Å². The van der Waals surface area contributed by atoms with Crippen molar-refractivity contribution in [3.8, 4) is 0 Å². The lowest BCUT2D eigenvalue weighted by Crippen LogP contribution is -2.46. The van der Waals surface area contributed by atoms with Crippen molar-refractivity contribution >= 4 is 11.3 Å². The molecule has 16 heavy (non-hydrogen) atoms.